The first-order valence-corrected chi connectivity index (χ1v) is 7.47. The summed E-state index contributed by atoms with van der Waals surface area (Å²) in [5.41, 5.74) is -0.492. The predicted octanol–water partition coefficient (Wildman–Crippen LogP) is 1.34. The fraction of sp³-hybridized carbons (Fsp3) is 0.500. The second-order valence-corrected chi connectivity index (χ2v) is 5.97. The summed E-state index contributed by atoms with van der Waals surface area (Å²) < 4.78 is 5.56. The van der Waals surface area contributed by atoms with Crippen molar-refractivity contribution in [3.05, 3.63) is 29.8 Å². The number of hydrogen-bond donors (Lipinski definition) is 2. The van der Waals surface area contributed by atoms with E-state index in [9.17, 15) is 19.8 Å². The molecule has 1 amide bonds. The van der Waals surface area contributed by atoms with E-state index in [0.29, 0.717) is 24.2 Å². The molecular weight excluding hydrogens is 286 g/mol. The molecule has 1 atom stereocenters. The number of aliphatic hydroxyl groups is 1. The maximum Gasteiger partial charge on any atom is 0.331 e. The van der Waals surface area contributed by atoms with Gasteiger partial charge in [0.15, 0.2) is 6.04 Å². The van der Waals surface area contributed by atoms with Crippen molar-refractivity contribution in [1.82, 2.24) is 4.90 Å². The van der Waals surface area contributed by atoms with Crippen molar-refractivity contribution >= 4 is 11.9 Å². The zero-order valence-electron chi connectivity index (χ0n) is 12.2. The van der Waals surface area contributed by atoms with Crippen LogP contribution in [0.4, 0.5) is 0 Å². The van der Waals surface area contributed by atoms with Crippen LogP contribution < -0.4 is 4.74 Å². The van der Waals surface area contributed by atoms with Gasteiger partial charge in [0.2, 0.25) is 5.91 Å². The molecule has 6 heteroatoms. The number of aliphatic carboxylic acids is 1. The number of rotatable bonds is 3. The molecule has 22 heavy (non-hydrogen) atoms. The van der Waals surface area contributed by atoms with Crippen molar-refractivity contribution in [3.63, 3.8) is 0 Å². The number of carboxylic acid groups (broad SMARTS) is 1. The number of carboxylic acids is 1. The normalized spacial score (nSPS) is 22.8. The number of carbonyl (C=O) groups is 2. The van der Waals surface area contributed by atoms with E-state index in [0.717, 1.165) is 6.42 Å². The number of amides is 1. The molecule has 0 spiro atoms. The molecule has 3 rings (SSSR count). The zero-order valence-corrected chi connectivity index (χ0v) is 12.2. The van der Waals surface area contributed by atoms with Crippen LogP contribution in [0.3, 0.4) is 0 Å². The molecule has 2 N–H and O–H groups in total. The van der Waals surface area contributed by atoms with Gasteiger partial charge in [-0.3, -0.25) is 4.79 Å². The summed E-state index contributed by atoms with van der Waals surface area (Å²) in [6.45, 7) is 0.436. The summed E-state index contributed by atoms with van der Waals surface area (Å²) >= 11 is 0. The highest BCUT2D eigenvalue weighted by Crippen LogP contribution is 2.37. The number of fused-ring (bicyclic) bond motifs is 1. The smallest absolute Gasteiger partial charge is 0.331 e. The van der Waals surface area contributed by atoms with Crippen LogP contribution in [0.15, 0.2) is 24.3 Å². The minimum Gasteiger partial charge on any atom is -0.491 e. The van der Waals surface area contributed by atoms with Gasteiger partial charge in [0.05, 0.1) is 18.6 Å². The Morgan fingerprint density at radius 1 is 1.32 bits per heavy atom. The number of para-hydroxylation sites is 1. The van der Waals surface area contributed by atoms with E-state index in [1.165, 1.54) is 4.90 Å². The lowest BCUT2D eigenvalue weighted by Crippen LogP contribution is -2.46. The molecule has 1 aromatic rings. The summed E-state index contributed by atoms with van der Waals surface area (Å²) in [5.74, 6) is -0.936. The molecule has 1 aromatic carbocycles. The number of carbonyl (C=O) groups excluding carboxylic acids is 1. The van der Waals surface area contributed by atoms with Crippen molar-refractivity contribution < 1.29 is 24.5 Å². The van der Waals surface area contributed by atoms with Gasteiger partial charge in [0, 0.05) is 5.56 Å². The van der Waals surface area contributed by atoms with Crippen LogP contribution in [0.2, 0.25) is 0 Å². The molecular formula is C16H19NO5. The summed E-state index contributed by atoms with van der Waals surface area (Å²) in [7, 11) is 0. The Bertz CT molecular complexity index is 596. The highest BCUT2D eigenvalue weighted by atomic mass is 16.5. The van der Waals surface area contributed by atoms with E-state index >= 15 is 0 Å². The first-order valence-electron chi connectivity index (χ1n) is 7.47. The summed E-state index contributed by atoms with van der Waals surface area (Å²) in [6.07, 6.45) is 2.06. The average molecular weight is 305 g/mol. The minimum absolute atomic E-state index is 0.0288. The third kappa shape index (κ3) is 2.66. The zero-order chi connectivity index (χ0) is 15.7. The fourth-order valence-electron chi connectivity index (χ4n) is 3.07. The molecule has 1 aliphatic carbocycles. The maximum absolute atomic E-state index is 12.5. The third-order valence-corrected chi connectivity index (χ3v) is 4.43. The van der Waals surface area contributed by atoms with E-state index in [4.69, 9.17) is 4.74 Å². The van der Waals surface area contributed by atoms with Crippen LogP contribution in [0.5, 0.6) is 5.75 Å². The van der Waals surface area contributed by atoms with Gasteiger partial charge < -0.3 is 19.8 Å². The number of benzene rings is 1. The van der Waals surface area contributed by atoms with Gasteiger partial charge in [-0.1, -0.05) is 18.2 Å². The second kappa shape index (κ2) is 5.61. The highest BCUT2D eigenvalue weighted by molar-refractivity contribution is 5.86. The molecule has 118 valence electrons. The van der Waals surface area contributed by atoms with Crippen molar-refractivity contribution in [2.45, 2.75) is 37.3 Å². The van der Waals surface area contributed by atoms with Gasteiger partial charge >= 0.3 is 5.97 Å². The second-order valence-electron chi connectivity index (χ2n) is 5.97. The molecule has 1 saturated carbocycles. The first-order chi connectivity index (χ1) is 10.5. The Balaban J connectivity index is 1.89. The average Bonchev–Trinajstić information content (AvgIpc) is 2.64. The summed E-state index contributed by atoms with van der Waals surface area (Å²) in [5, 5.41) is 19.8. The Kier molecular flexibility index (Phi) is 3.78. The Morgan fingerprint density at radius 3 is 2.68 bits per heavy atom. The molecule has 6 nitrogen and oxygen atoms in total. The minimum atomic E-state index is -1.09. The third-order valence-electron chi connectivity index (χ3n) is 4.43. The van der Waals surface area contributed by atoms with Crippen LogP contribution in [-0.2, 0) is 9.59 Å². The van der Waals surface area contributed by atoms with Gasteiger partial charge in [-0.05, 0) is 25.3 Å². The fourth-order valence-corrected chi connectivity index (χ4v) is 3.07. The summed E-state index contributed by atoms with van der Waals surface area (Å²) in [6, 6.07) is 5.80. The maximum atomic E-state index is 12.5. The van der Waals surface area contributed by atoms with Crippen molar-refractivity contribution in [2.75, 3.05) is 13.2 Å². The Morgan fingerprint density at radius 2 is 2.05 bits per heavy atom. The Labute approximate surface area is 128 Å². The molecule has 0 bridgehead atoms. The van der Waals surface area contributed by atoms with E-state index in [-0.39, 0.29) is 25.5 Å². The molecule has 1 unspecified atom stereocenters. The van der Waals surface area contributed by atoms with Gasteiger partial charge in [-0.15, -0.1) is 0 Å². The van der Waals surface area contributed by atoms with Crippen LogP contribution in [0.25, 0.3) is 0 Å². The van der Waals surface area contributed by atoms with Gasteiger partial charge in [-0.25, -0.2) is 4.79 Å². The van der Waals surface area contributed by atoms with Crippen molar-refractivity contribution in [1.29, 1.82) is 0 Å². The van der Waals surface area contributed by atoms with Crippen LogP contribution in [0, 0.1) is 0 Å². The van der Waals surface area contributed by atoms with Crippen molar-refractivity contribution in [2.24, 2.45) is 0 Å². The quantitative estimate of drug-likeness (QED) is 0.880. The molecule has 0 radical (unpaired) electrons. The number of ether oxygens (including phenoxy) is 1. The van der Waals surface area contributed by atoms with Gasteiger partial charge in [0.25, 0.3) is 0 Å². The van der Waals surface area contributed by atoms with Crippen LogP contribution >= 0.6 is 0 Å². The van der Waals surface area contributed by atoms with E-state index in [2.05, 4.69) is 0 Å². The molecule has 0 saturated heterocycles. The van der Waals surface area contributed by atoms with E-state index in [1.807, 2.05) is 0 Å². The van der Waals surface area contributed by atoms with Crippen LogP contribution in [-0.4, -0.2) is 45.7 Å². The largest absolute Gasteiger partial charge is 0.491 e. The topological polar surface area (TPSA) is 87.1 Å². The lowest BCUT2D eigenvalue weighted by Gasteiger charge is -2.38. The predicted molar refractivity (Wildman–Crippen MR) is 77.4 cm³/mol. The molecule has 0 aromatic heterocycles. The van der Waals surface area contributed by atoms with Gasteiger partial charge in [0.1, 0.15) is 12.4 Å². The monoisotopic (exact) mass is 305 g/mol. The highest BCUT2D eigenvalue weighted by Gasteiger charge is 2.41. The first kappa shape index (κ1) is 14.8. The Hall–Kier alpha value is -2.08. The molecule has 2 aliphatic rings. The lowest BCUT2D eigenvalue weighted by atomic mass is 9.77. The standard InChI is InChI=1S/C16H19NO5/c18-13(10-16(21)6-3-7-16)17-8-9-22-12-5-2-1-4-11(12)14(17)15(19)20/h1-2,4-5,14,21H,3,6-10H2,(H,19,20). The van der Waals surface area contributed by atoms with Crippen LogP contribution in [0.1, 0.15) is 37.3 Å². The molecule has 1 aliphatic heterocycles. The number of nitrogens with zero attached hydrogens (tertiary/aromatic N) is 1. The van der Waals surface area contributed by atoms with E-state index in [1.54, 1.807) is 24.3 Å². The summed E-state index contributed by atoms with van der Waals surface area (Å²) in [4.78, 5) is 25.6. The molecule has 1 fully saturated rings. The molecule has 1 heterocycles. The van der Waals surface area contributed by atoms with Gasteiger partial charge in [-0.2, -0.15) is 0 Å². The lowest BCUT2D eigenvalue weighted by molar-refractivity contribution is -0.154. The van der Waals surface area contributed by atoms with E-state index < -0.39 is 17.6 Å². The van der Waals surface area contributed by atoms with Crippen molar-refractivity contribution in [3.8, 4) is 5.75 Å². The number of hydrogen-bond acceptors (Lipinski definition) is 4. The SMILES string of the molecule is O=C(O)C1c2ccccc2OCCN1C(=O)CC1(O)CCC1.